The average Bonchev–Trinajstić information content (AvgIpc) is 2.52. The minimum absolute atomic E-state index is 0.231. The highest BCUT2D eigenvalue weighted by atomic mass is 16.5. The lowest BCUT2D eigenvalue weighted by Crippen LogP contribution is -2.22. The molecule has 1 aromatic carbocycles. The van der Waals surface area contributed by atoms with E-state index in [0.717, 1.165) is 35.6 Å². The maximum atomic E-state index is 12.7. The molecule has 0 amide bonds. The van der Waals surface area contributed by atoms with Crippen molar-refractivity contribution in [1.82, 2.24) is 0 Å². The average molecular weight is 288 g/mol. The number of benzene rings is 1. The second-order valence-electron chi connectivity index (χ2n) is 6.40. The summed E-state index contributed by atoms with van der Waals surface area (Å²) in [5.41, 5.74) is 1.92. The smallest absolute Gasteiger partial charge is 0.166 e. The number of carbonyl (C=O) groups excluding carboxylic acids is 1. The van der Waals surface area contributed by atoms with E-state index >= 15 is 0 Å². The van der Waals surface area contributed by atoms with Gasteiger partial charge in [0.1, 0.15) is 5.75 Å². The van der Waals surface area contributed by atoms with Gasteiger partial charge in [-0.05, 0) is 62.3 Å². The molecule has 2 nitrogen and oxygen atoms in total. The Morgan fingerprint density at radius 3 is 2.52 bits per heavy atom. The van der Waals surface area contributed by atoms with Gasteiger partial charge in [-0.15, -0.1) is 0 Å². The van der Waals surface area contributed by atoms with E-state index in [1.165, 1.54) is 32.1 Å². The molecular formula is C19H28O2. The molecule has 0 aromatic heterocycles. The minimum Gasteiger partial charge on any atom is -0.497 e. The topological polar surface area (TPSA) is 26.3 Å². The summed E-state index contributed by atoms with van der Waals surface area (Å²) in [5.74, 6) is 2.25. The third kappa shape index (κ3) is 4.09. The van der Waals surface area contributed by atoms with Crippen molar-refractivity contribution >= 4 is 5.78 Å². The summed E-state index contributed by atoms with van der Waals surface area (Å²) in [7, 11) is 1.66. The van der Waals surface area contributed by atoms with Crippen molar-refractivity contribution in [2.75, 3.05) is 7.11 Å². The summed E-state index contributed by atoms with van der Waals surface area (Å²) < 4.78 is 5.22. The molecule has 2 heteroatoms. The molecule has 0 radical (unpaired) electrons. The lowest BCUT2D eigenvalue weighted by molar-refractivity contribution is 0.0868. The molecule has 0 bridgehead atoms. The monoisotopic (exact) mass is 288 g/mol. The van der Waals surface area contributed by atoms with Gasteiger partial charge in [-0.3, -0.25) is 4.79 Å². The number of aryl methyl sites for hydroxylation is 1. The van der Waals surface area contributed by atoms with Gasteiger partial charge in [0, 0.05) is 11.5 Å². The summed E-state index contributed by atoms with van der Waals surface area (Å²) in [5, 5.41) is 0. The van der Waals surface area contributed by atoms with Crippen molar-refractivity contribution in [2.24, 2.45) is 11.8 Å². The number of hydrogen-bond acceptors (Lipinski definition) is 2. The fourth-order valence-electron chi connectivity index (χ4n) is 3.47. The number of rotatable bonds is 6. The summed E-state index contributed by atoms with van der Waals surface area (Å²) in [6, 6.07) is 5.78. The van der Waals surface area contributed by atoms with E-state index in [9.17, 15) is 4.79 Å². The second kappa shape index (κ2) is 7.63. The third-order valence-electron chi connectivity index (χ3n) is 4.88. The number of carbonyl (C=O) groups is 1. The SMILES string of the molecule is CCCCC1CCC(C(=O)c2ccc(OC)cc2C)CC1. The van der Waals surface area contributed by atoms with Crippen molar-refractivity contribution in [3.05, 3.63) is 29.3 Å². The van der Waals surface area contributed by atoms with E-state index in [1.54, 1.807) is 7.11 Å². The first-order valence-electron chi connectivity index (χ1n) is 8.34. The van der Waals surface area contributed by atoms with Gasteiger partial charge >= 0.3 is 0 Å². The van der Waals surface area contributed by atoms with Crippen LogP contribution in [0.5, 0.6) is 5.75 Å². The van der Waals surface area contributed by atoms with Crippen LogP contribution in [0, 0.1) is 18.8 Å². The van der Waals surface area contributed by atoms with Crippen LogP contribution in [0.25, 0.3) is 0 Å². The number of unbranched alkanes of at least 4 members (excludes halogenated alkanes) is 1. The second-order valence-corrected chi connectivity index (χ2v) is 6.40. The Morgan fingerprint density at radius 1 is 1.24 bits per heavy atom. The zero-order chi connectivity index (χ0) is 15.2. The fourth-order valence-corrected chi connectivity index (χ4v) is 3.47. The maximum Gasteiger partial charge on any atom is 0.166 e. The predicted octanol–water partition coefficient (Wildman–Crippen LogP) is 5.18. The van der Waals surface area contributed by atoms with Crippen LogP contribution in [0.1, 0.15) is 67.8 Å². The predicted molar refractivity (Wildman–Crippen MR) is 87.0 cm³/mol. The van der Waals surface area contributed by atoms with Gasteiger partial charge in [-0.2, -0.15) is 0 Å². The highest BCUT2D eigenvalue weighted by Crippen LogP contribution is 2.34. The Balaban J connectivity index is 1.95. The fraction of sp³-hybridized carbons (Fsp3) is 0.632. The first-order chi connectivity index (χ1) is 10.2. The van der Waals surface area contributed by atoms with Crippen molar-refractivity contribution in [3.8, 4) is 5.75 Å². The van der Waals surface area contributed by atoms with Crippen LogP contribution >= 0.6 is 0 Å². The van der Waals surface area contributed by atoms with Gasteiger partial charge in [-0.25, -0.2) is 0 Å². The molecule has 1 aliphatic rings. The van der Waals surface area contributed by atoms with E-state index in [1.807, 2.05) is 25.1 Å². The van der Waals surface area contributed by atoms with E-state index in [4.69, 9.17) is 4.74 Å². The van der Waals surface area contributed by atoms with Crippen LogP contribution in [0.3, 0.4) is 0 Å². The van der Waals surface area contributed by atoms with Crippen molar-refractivity contribution in [2.45, 2.75) is 58.8 Å². The van der Waals surface area contributed by atoms with Crippen LogP contribution in [0.2, 0.25) is 0 Å². The first kappa shape index (κ1) is 16.1. The molecule has 0 saturated heterocycles. The normalized spacial score (nSPS) is 22.0. The Morgan fingerprint density at radius 2 is 1.95 bits per heavy atom. The maximum absolute atomic E-state index is 12.7. The molecule has 0 N–H and O–H groups in total. The molecule has 0 spiro atoms. The number of methoxy groups -OCH3 is 1. The van der Waals surface area contributed by atoms with Crippen LogP contribution in [0.15, 0.2) is 18.2 Å². The summed E-state index contributed by atoms with van der Waals surface area (Å²) in [4.78, 5) is 12.7. The summed E-state index contributed by atoms with van der Waals surface area (Å²) in [6.07, 6.45) is 8.55. The molecular weight excluding hydrogens is 260 g/mol. The number of Topliss-reactive ketones (excluding diaryl/α,β-unsaturated/α-hetero) is 1. The molecule has 1 fully saturated rings. The lowest BCUT2D eigenvalue weighted by Gasteiger charge is -2.28. The zero-order valence-electron chi connectivity index (χ0n) is 13.7. The molecule has 0 aliphatic heterocycles. The van der Waals surface area contributed by atoms with Gasteiger partial charge < -0.3 is 4.74 Å². The van der Waals surface area contributed by atoms with Crippen molar-refractivity contribution in [3.63, 3.8) is 0 Å². The molecule has 1 saturated carbocycles. The van der Waals surface area contributed by atoms with E-state index < -0.39 is 0 Å². The van der Waals surface area contributed by atoms with Gasteiger partial charge in [0.15, 0.2) is 5.78 Å². The van der Waals surface area contributed by atoms with Crippen LogP contribution in [-0.4, -0.2) is 12.9 Å². The Kier molecular flexibility index (Phi) is 5.84. The Bertz CT molecular complexity index is 470. The number of ether oxygens (including phenoxy) is 1. The molecule has 2 rings (SSSR count). The van der Waals surface area contributed by atoms with Gasteiger partial charge in [0.2, 0.25) is 0 Å². The molecule has 0 atom stereocenters. The lowest BCUT2D eigenvalue weighted by atomic mass is 9.76. The molecule has 1 aliphatic carbocycles. The van der Waals surface area contributed by atoms with Crippen LogP contribution in [-0.2, 0) is 0 Å². The number of hydrogen-bond donors (Lipinski definition) is 0. The minimum atomic E-state index is 0.231. The molecule has 0 heterocycles. The molecule has 21 heavy (non-hydrogen) atoms. The zero-order valence-corrected chi connectivity index (χ0v) is 13.7. The standard InChI is InChI=1S/C19H28O2/c1-4-5-6-15-7-9-16(10-8-15)19(20)18-12-11-17(21-3)13-14(18)2/h11-13,15-16H,4-10H2,1-3H3. The highest BCUT2D eigenvalue weighted by molar-refractivity contribution is 5.99. The molecule has 0 unspecified atom stereocenters. The third-order valence-corrected chi connectivity index (χ3v) is 4.88. The van der Waals surface area contributed by atoms with Crippen molar-refractivity contribution < 1.29 is 9.53 Å². The van der Waals surface area contributed by atoms with E-state index in [2.05, 4.69) is 6.92 Å². The Labute approximate surface area is 128 Å². The highest BCUT2D eigenvalue weighted by Gasteiger charge is 2.27. The largest absolute Gasteiger partial charge is 0.497 e. The Hall–Kier alpha value is -1.31. The van der Waals surface area contributed by atoms with Crippen LogP contribution < -0.4 is 4.74 Å². The van der Waals surface area contributed by atoms with E-state index in [-0.39, 0.29) is 5.92 Å². The summed E-state index contributed by atoms with van der Waals surface area (Å²) in [6.45, 7) is 4.25. The molecule has 116 valence electrons. The quantitative estimate of drug-likeness (QED) is 0.674. The van der Waals surface area contributed by atoms with Crippen LogP contribution in [0.4, 0.5) is 0 Å². The van der Waals surface area contributed by atoms with Gasteiger partial charge in [0.05, 0.1) is 7.11 Å². The summed E-state index contributed by atoms with van der Waals surface area (Å²) >= 11 is 0. The van der Waals surface area contributed by atoms with Gasteiger partial charge in [-0.1, -0.05) is 26.2 Å². The van der Waals surface area contributed by atoms with E-state index in [0.29, 0.717) is 5.78 Å². The molecule has 1 aromatic rings. The van der Waals surface area contributed by atoms with Crippen molar-refractivity contribution in [1.29, 1.82) is 0 Å². The first-order valence-corrected chi connectivity index (χ1v) is 8.34. The number of ketones is 1. The van der Waals surface area contributed by atoms with Gasteiger partial charge in [0.25, 0.3) is 0 Å².